The van der Waals surface area contributed by atoms with Crippen LogP contribution in [0, 0.1) is 12.8 Å². The normalized spacial score (nSPS) is 19.8. The van der Waals surface area contributed by atoms with Crippen molar-refractivity contribution in [3.63, 3.8) is 0 Å². The number of hydrogen-bond donors (Lipinski definition) is 2. The number of likely N-dealkylation sites (tertiary alicyclic amines) is 2. The molecule has 2 fully saturated rings. The smallest absolute Gasteiger partial charge is 0.282 e. The van der Waals surface area contributed by atoms with Crippen LogP contribution in [0.2, 0.25) is 5.02 Å². The van der Waals surface area contributed by atoms with Gasteiger partial charge in [0.05, 0.1) is 60.9 Å². The average Bonchev–Trinajstić information content (AvgIpc) is 4.04. The van der Waals surface area contributed by atoms with E-state index in [4.69, 9.17) is 16.1 Å². The second kappa shape index (κ2) is 16.5. The number of piperidine rings is 1. The monoisotopic (exact) mass is 873 g/mol. The lowest BCUT2D eigenvalue weighted by Crippen LogP contribution is -2.48. The number of aromatic nitrogens is 4. The van der Waals surface area contributed by atoms with Gasteiger partial charge in [-0.3, -0.25) is 23.9 Å². The average molecular weight is 875 g/mol. The van der Waals surface area contributed by atoms with E-state index in [-0.39, 0.29) is 42.3 Å². The molecule has 322 valence electrons. The number of hydrogen-bond acceptors (Lipinski definition) is 10. The predicted octanol–water partition coefficient (Wildman–Crippen LogP) is 8.06. The highest BCUT2D eigenvalue weighted by Crippen LogP contribution is 2.45. The van der Waals surface area contributed by atoms with Crippen molar-refractivity contribution in [3.8, 4) is 16.1 Å². The van der Waals surface area contributed by atoms with E-state index in [1.807, 2.05) is 75.7 Å². The second-order valence-corrected chi connectivity index (χ2v) is 19.4. The number of aliphatic hydroxyl groups is 1. The highest BCUT2D eigenvalue weighted by atomic mass is 35.5. The molecule has 2 N–H and O–H groups in total. The molecule has 3 aromatic carbocycles. The van der Waals surface area contributed by atoms with Crippen molar-refractivity contribution in [1.29, 1.82) is 0 Å². The van der Waals surface area contributed by atoms with Gasteiger partial charge >= 0.3 is 0 Å². The van der Waals surface area contributed by atoms with Crippen LogP contribution in [-0.2, 0) is 21.5 Å². The van der Waals surface area contributed by atoms with Crippen LogP contribution in [0.1, 0.15) is 111 Å². The molecule has 0 bridgehead atoms. The molecule has 14 heteroatoms. The lowest BCUT2D eigenvalue weighted by Gasteiger charge is -2.32. The number of halogens is 1. The number of carbonyl (C=O) groups excluding carboxylic acids is 2. The number of β-amino-alcohol motifs (C(OH)–C–C–N with tert-alkyl or cyclic N) is 1. The fourth-order valence-corrected chi connectivity index (χ4v) is 10.9. The maximum Gasteiger partial charge on any atom is 0.282 e. The number of rotatable bonds is 10. The summed E-state index contributed by atoms with van der Waals surface area (Å²) < 4.78 is 8.01. The molecule has 2 amide bonds. The standard InChI is InChI=1S/C48H52ClN7O5S/c1-26(2)41(46(60)55-24-34(57)22-39(55)44(58)51-27(3)29-10-12-31(13-11-29)43-28(4)50-25-62-43)40-21-33(53-61-40)23-54-18-16-30(17-19-54)32-14-15-35-38(20-32)56-37-9-7-8-36(49)42(37)45(59)52-47(56)48(35,5)6/h7-15,20-21,25-27,30,34,39,41,57H,16-19,22-24H2,1-6H3,(H,51,58)/t27-,34+,39-,41?/m0/s1. The van der Waals surface area contributed by atoms with Gasteiger partial charge in [-0.05, 0) is 106 Å². The molecule has 0 saturated carbocycles. The van der Waals surface area contributed by atoms with Crippen LogP contribution >= 0.6 is 22.9 Å². The molecular weight excluding hydrogens is 822 g/mol. The van der Waals surface area contributed by atoms with Crippen molar-refractivity contribution < 1.29 is 19.2 Å². The van der Waals surface area contributed by atoms with Gasteiger partial charge < -0.3 is 19.8 Å². The molecular formula is C48H52ClN7O5S. The van der Waals surface area contributed by atoms with Crippen LogP contribution in [0.4, 0.5) is 0 Å². The Kier molecular flexibility index (Phi) is 11.2. The van der Waals surface area contributed by atoms with Gasteiger partial charge in [-0.1, -0.05) is 73.1 Å². The summed E-state index contributed by atoms with van der Waals surface area (Å²) >= 11 is 8.11. The third-order valence-electron chi connectivity index (χ3n) is 13.3. The lowest BCUT2D eigenvalue weighted by molar-refractivity contribution is -0.141. The fourth-order valence-electron chi connectivity index (χ4n) is 9.84. The first-order valence-electron chi connectivity index (χ1n) is 21.5. The minimum absolute atomic E-state index is 0.0729. The Labute approximate surface area is 369 Å². The zero-order valence-electron chi connectivity index (χ0n) is 35.9. The third-order valence-corrected chi connectivity index (χ3v) is 14.6. The first kappa shape index (κ1) is 42.1. The van der Waals surface area contributed by atoms with E-state index in [9.17, 15) is 19.5 Å². The summed E-state index contributed by atoms with van der Waals surface area (Å²) in [6, 6.07) is 21.1. The highest BCUT2D eigenvalue weighted by Gasteiger charge is 2.44. The number of nitrogens with one attached hydrogen (secondary N) is 1. The van der Waals surface area contributed by atoms with Crippen molar-refractivity contribution in [3.05, 3.63) is 127 Å². The van der Waals surface area contributed by atoms with Gasteiger partial charge in [-0.2, -0.15) is 4.98 Å². The first-order valence-corrected chi connectivity index (χ1v) is 22.8. The van der Waals surface area contributed by atoms with E-state index in [0.29, 0.717) is 28.6 Å². The van der Waals surface area contributed by atoms with E-state index < -0.39 is 23.5 Å². The Balaban J connectivity index is 0.846. The summed E-state index contributed by atoms with van der Waals surface area (Å²) in [6.45, 7) is 14.4. The van der Waals surface area contributed by atoms with Crippen LogP contribution < -0.4 is 10.9 Å². The Hall–Kier alpha value is -5.21. The molecule has 1 unspecified atom stereocenters. The molecule has 2 saturated heterocycles. The van der Waals surface area contributed by atoms with E-state index in [0.717, 1.165) is 75.9 Å². The van der Waals surface area contributed by atoms with Crippen LogP contribution in [0.15, 0.2) is 81.6 Å². The van der Waals surface area contributed by atoms with Gasteiger partial charge in [0.15, 0.2) is 0 Å². The molecule has 3 aliphatic heterocycles. The van der Waals surface area contributed by atoms with Crippen LogP contribution in [-0.4, -0.2) is 78.2 Å². The van der Waals surface area contributed by atoms with Gasteiger partial charge in [-0.25, -0.2) is 4.98 Å². The number of thiazole rings is 1. The number of fused-ring (bicyclic) bond motifs is 5. The van der Waals surface area contributed by atoms with E-state index in [1.54, 1.807) is 17.4 Å². The summed E-state index contributed by atoms with van der Waals surface area (Å²) in [7, 11) is 0. The van der Waals surface area contributed by atoms with E-state index in [1.165, 1.54) is 10.5 Å². The molecule has 0 aliphatic carbocycles. The van der Waals surface area contributed by atoms with Gasteiger partial charge in [-0.15, -0.1) is 11.3 Å². The van der Waals surface area contributed by atoms with Gasteiger partial charge in [0.25, 0.3) is 5.56 Å². The molecule has 0 radical (unpaired) electrons. The van der Waals surface area contributed by atoms with Crippen molar-refractivity contribution in [2.24, 2.45) is 5.92 Å². The maximum absolute atomic E-state index is 14.3. The number of nitrogens with zero attached hydrogens (tertiary/aromatic N) is 6. The van der Waals surface area contributed by atoms with E-state index >= 15 is 0 Å². The van der Waals surface area contributed by atoms with Crippen LogP contribution in [0.5, 0.6) is 0 Å². The van der Waals surface area contributed by atoms with Gasteiger partial charge in [0.2, 0.25) is 11.8 Å². The molecule has 12 nitrogen and oxygen atoms in total. The van der Waals surface area contributed by atoms with Crippen molar-refractivity contribution in [2.75, 3.05) is 19.6 Å². The molecule has 6 heterocycles. The Bertz CT molecular complexity index is 2730. The Morgan fingerprint density at radius 1 is 1.05 bits per heavy atom. The molecule has 4 atom stereocenters. The topological polar surface area (TPSA) is 147 Å². The quantitative estimate of drug-likeness (QED) is 0.140. The SMILES string of the molecule is Cc1ncsc1-c1ccc([C@H](C)NC(=O)[C@@H]2C[C@@H](O)CN2C(=O)C(c2cc(CN3CCC(c4ccc5c(c4)-n4c(nc(=O)c6c(Cl)cccc64)C5(C)C)CC3)no2)C(C)C)cc1. The molecule has 3 aromatic heterocycles. The summed E-state index contributed by atoms with van der Waals surface area (Å²) in [5.74, 6) is 0.179. The van der Waals surface area contributed by atoms with Crippen LogP contribution in [0.25, 0.3) is 27.0 Å². The Morgan fingerprint density at radius 3 is 2.52 bits per heavy atom. The minimum atomic E-state index is -0.811. The number of amides is 2. The lowest BCUT2D eigenvalue weighted by atomic mass is 9.83. The second-order valence-electron chi connectivity index (χ2n) is 18.1. The van der Waals surface area contributed by atoms with Crippen molar-refractivity contribution in [1.82, 2.24) is 34.8 Å². The van der Waals surface area contributed by atoms with Crippen molar-refractivity contribution >= 4 is 45.7 Å². The zero-order valence-corrected chi connectivity index (χ0v) is 37.5. The Morgan fingerprint density at radius 2 is 1.81 bits per heavy atom. The molecule has 6 aromatic rings. The van der Waals surface area contributed by atoms with Gasteiger partial charge in [0.1, 0.15) is 23.5 Å². The predicted molar refractivity (Wildman–Crippen MR) is 241 cm³/mol. The molecule has 3 aliphatic rings. The van der Waals surface area contributed by atoms with E-state index in [2.05, 4.69) is 62.0 Å². The molecule has 62 heavy (non-hydrogen) atoms. The summed E-state index contributed by atoms with van der Waals surface area (Å²) in [6.07, 6.45) is 1.27. The van der Waals surface area contributed by atoms with Gasteiger partial charge in [0, 0.05) is 25.6 Å². The molecule has 0 spiro atoms. The minimum Gasteiger partial charge on any atom is -0.391 e. The molecule has 9 rings (SSSR count). The maximum atomic E-state index is 14.3. The number of carbonyl (C=O) groups is 2. The fraction of sp³-hybridized carbons (Fsp3) is 0.417. The number of benzene rings is 3. The summed E-state index contributed by atoms with van der Waals surface area (Å²) in [4.78, 5) is 55.1. The summed E-state index contributed by atoms with van der Waals surface area (Å²) in [5.41, 5.74) is 9.05. The highest BCUT2D eigenvalue weighted by molar-refractivity contribution is 7.13. The number of aliphatic hydroxyl groups excluding tert-OH is 1. The third kappa shape index (κ3) is 7.56. The van der Waals surface area contributed by atoms with Crippen LogP contribution in [0.3, 0.4) is 0 Å². The summed E-state index contributed by atoms with van der Waals surface area (Å²) in [5, 5.41) is 19.1. The first-order chi connectivity index (χ1) is 29.7. The largest absolute Gasteiger partial charge is 0.391 e. The van der Waals surface area contributed by atoms with Crippen molar-refractivity contribution in [2.45, 2.75) is 103 Å². The number of aryl methyl sites for hydroxylation is 1. The zero-order chi connectivity index (χ0) is 43.6.